The number of amides is 1. The molecule has 0 spiro atoms. The monoisotopic (exact) mass is 213 g/mol. The molecule has 1 rings (SSSR count). The Kier molecular flexibility index (Phi) is 3.94. The van der Waals surface area contributed by atoms with E-state index >= 15 is 0 Å². The molecule has 0 radical (unpaired) electrons. The van der Waals surface area contributed by atoms with E-state index in [1.54, 1.807) is 0 Å². The molecular weight excluding hydrogens is 194 g/mol. The minimum Gasteiger partial charge on any atom is -0.409 e. The number of carbonyl (C=O) groups is 1. The van der Waals surface area contributed by atoms with Crippen LogP contribution < -0.4 is 11.1 Å². The third-order valence-electron chi connectivity index (χ3n) is 2.87. The van der Waals surface area contributed by atoms with Crippen molar-refractivity contribution in [3.63, 3.8) is 0 Å². The Morgan fingerprint density at radius 2 is 2.33 bits per heavy atom. The number of amidine groups is 1. The Labute approximate surface area is 89.7 Å². The molecule has 5 heteroatoms. The summed E-state index contributed by atoms with van der Waals surface area (Å²) < 4.78 is 0. The third kappa shape index (κ3) is 3.42. The fraction of sp³-hybridized carbons (Fsp3) is 0.800. The maximum absolute atomic E-state index is 11.6. The van der Waals surface area contributed by atoms with Crippen LogP contribution in [-0.4, -0.2) is 23.0 Å². The van der Waals surface area contributed by atoms with Crippen LogP contribution in [0, 0.1) is 11.8 Å². The fourth-order valence-corrected chi connectivity index (χ4v) is 1.59. The van der Waals surface area contributed by atoms with Crippen molar-refractivity contribution in [2.24, 2.45) is 22.7 Å². The van der Waals surface area contributed by atoms with E-state index in [1.807, 2.05) is 6.92 Å². The Hall–Kier alpha value is -1.26. The number of oxime groups is 1. The van der Waals surface area contributed by atoms with Gasteiger partial charge in [0.1, 0.15) is 5.84 Å². The lowest BCUT2D eigenvalue weighted by Gasteiger charge is -2.15. The van der Waals surface area contributed by atoms with Gasteiger partial charge in [0, 0.05) is 18.4 Å². The Balaban J connectivity index is 2.36. The van der Waals surface area contributed by atoms with Crippen LogP contribution in [0.2, 0.25) is 0 Å². The molecular formula is C10H19N3O2. The van der Waals surface area contributed by atoms with Gasteiger partial charge in [-0.1, -0.05) is 19.0 Å². The summed E-state index contributed by atoms with van der Waals surface area (Å²) in [7, 11) is 0. The van der Waals surface area contributed by atoms with Crippen molar-refractivity contribution in [2.45, 2.75) is 39.2 Å². The van der Waals surface area contributed by atoms with E-state index in [1.165, 1.54) is 0 Å². The van der Waals surface area contributed by atoms with Crippen molar-refractivity contribution in [2.75, 3.05) is 0 Å². The largest absolute Gasteiger partial charge is 0.409 e. The molecule has 3 atom stereocenters. The van der Waals surface area contributed by atoms with Gasteiger partial charge >= 0.3 is 0 Å². The van der Waals surface area contributed by atoms with Crippen LogP contribution in [0.4, 0.5) is 0 Å². The second-order valence-electron chi connectivity index (χ2n) is 4.23. The molecule has 1 fully saturated rings. The van der Waals surface area contributed by atoms with Gasteiger partial charge in [0.25, 0.3) is 0 Å². The highest BCUT2D eigenvalue weighted by molar-refractivity contribution is 5.84. The molecule has 4 N–H and O–H groups in total. The highest BCUT2D eigenvalue weighted by atomic mass is 16.4. The number of nitrogens with zero attached hydrogens (tertiary/aromatic N) is 1. The van der Waals surface area contributed by atoms with Gasteiger partial charge < -0.3 is 16.3 Å². The van der Waals surface area contributed by atoms with Gasteiger partial charge in [0.05, 0.1) is 0 Å². The van der Waals surface area contributed by atoms with Gasteiger partial charge in [0.2, 0.25) is 5.91 Å². The van der Waals surface area contributed by atoms with Gasteiger partial charge in [-0.15, -0.1) is 0 Å². The normalized spacial score (nSPS) is 27.2. The van der Waals surface area contributed by atoms with Crippen molar-refractivity contribution in [1.29, 1.82) is 0 Å². The Morgan fingerprint density at radius 3 is 2.73 bits per heavy atom. The van der Waals surface area contributed by atoms with Crippen LogP contribution in [0.5, 0.6) is 0 Å². The molecule has 86 valence electrons. The summed E-state index contributed by atoms with van der Waals surface area (Å²) in [4.78, 5) is 11.6. The summed E-state index contributed by atoms with van der Waals surface area (Å²) in [6.45, 7) is 4.03. The van der Waals surface area contributed by atoms with Crippen molar-refractivity contribution in [3.05, 3.63) is 0 Å². The first-order valence-corrected chi connectivity index (χ1v) is 5.35. The minimum atomic E-state index is -0.0267. The van der Waals surface area contributed by atoms with Crippen LogP contribution in [0.25, 0.3) is 0 Å². The van der Waals surface area contributed by atoms with E-state index in [0.717, 1.165) is 12.8 Å². The average molecular weight is 213 g/mol. The third-order valence-corrected chi connectivity index (χ3v) is 2.87. The summed E-state index contributed by atoms with van der Waals surface area (Å²) in [5.74, 6) is 0.934. The summed E-state index contributed by atoms with van der Waals surface area (Å²) in [5, 5.41) is 14.2. The lowest BCUT2D eigenvalue weighted by atomic mass is 10.1. The zero-order valence-electron chi connectivity index (χ0n) is 9.23. The number of hydrogen-bond acceptors (Lipinski definition) is 3. The first-order valence-electron chi connectivity index (χ1n) is 5.35. The summed E-state index contributed by atoms with van der Waals surface area (Å²) in [5.41, 5.74) is 5.39. The molecule has 1 saturated carbocycles. The Morgan fingerprint density at radius 1 is 1.73 bits per heavy atom. The van der Waals surface area contributed by atoms with Gasteiger partial charge in [0.15, 0.2) is 0 Å². The highest BCUT2D eigenvalue weighted by Gasteiger charge is 2.39. The fourth-order valence-electron chi connectivity index (χ4n) is 1.59. The lowest BCUT2D eigenvalue weighted by Crippen LogP contribution is -2.38. The minimum absolute atomic E-state index is 0.0267. The van der Waals surface area contributed by atoms with Crippen molar-refractivity contribution in [1.82, 2.24) is 5.32 Å². The van der Waals surface area contributed by atoms with E-state index in [4.69, 9.17) is 10.9 Å². The number of nitrogens with one attached hydrogen (secondary N) is 1. The maximum atomic E-state index is 11.6. The number of carbonyl (C=O) groups excluding carboxylic acids is 1. The predicted octanol–water partition coefficient (Wildman–Crippen LogP) is 0.674. The number of nitrogens with two attached hydrogens (primary N) is 1. The van der Waals surface area contributed by atoms with Gasteiger partial charge in [-0.3, -0.25) is 4.79 Å². The van der Waals surface area contributed by atoms with E-state index in [-0.39, 0.29) is 23.7 Å². The SMILES string of the molecule is CCC(CC(N)=NO)NC(=O)C1CC1C. The molecule has 0 aromatic carbocycles. The molecule has 3 unspecified atom stereocenters. The number of hydrogen-bond donors (Lipinski definition) is 3. The molecule has 1 aliphatic carbocycles. The summed E-state index contributed by atoms with van der Waals surface area (Å²) in [6, 6.07) is -0.0267. The van der Waals surface area contributed by atoms with Crippen LogP contribution in [0.1, 0.15) is 33.1 Å². The van der Waals surface area contributed by atoms with Crippen LogP contribution in [0.3, 0.4) is 0 Å². The average Bonchev–Trinajstić information content (AvgIpc) is 2.94. The second-order valence-corrected chi connectivity index (χ2v) is 4.23. The predicted molar refractivity (Wildman–Crippen MR) is 57.5 cm³/mol. The highest BCUT2D eigenvalue weighted by Crippen LogP contribution is 2.37. The molecule has 0 aromatic heterocycles. The molecule has 1 amide bonds. The van der Waals surface area contributed by atoms with Crippen molar-refractivity contribution < 1.29 is 10.0 Å². The molecule has 0 aromatic rings. The molecule has 1 aliphatic rings. The number of rotatable bonds is 5. The van der Waals surface area contributed by atoms with Crippen molar-refractivity contribution >= 4 is 11.7 Å². The maximum Gasteiger partial charge on any atom is 0.223 e. The zero-order valence-corrected chi connectivity index (χ0v) is 9.23. The first-order chi connectivity index (χ1) is 7.08. The van der Waals surface area contributed by atoms with Crippen LogP contribution >= 0.6 is 0 Å². The summed E-state index contributed by atoms with van der Waals surface area (Å²) >= 11 is 0. The van der Waals surface area contributed by atoms with Crippen LogP contribution in [0.15, 0.2) is 5.16 Å². The Bertz CT molecular complexity index is 265. The van der Waals surface area contributed by atoms with Gasteiger partial charge in [-0.05, 0) is 18.8 Å². The standard InChI is InChI=1S/C10H19N3O2/c1-3-7(5-9(11)13-15)12-10(14)8-4-6(8)2/h6-8,15H,3-5H2,1-2H3,(H2,11,13)(H,12,14). The van der Waals surface area contributed by atoms with Gasteiger partial charge in [-0.25, -0.2) is 0 Å². The smallest absolute Gasteiger partial charge is 0.223 e. The molecule has 0 saturated heterocycles. The first kappa shape index (κ1) is 11.8. The van der Waals surface area contributed by atoms with E-state index in [0.29, 0.717) is 12.3 Å². The van der Waals surface area contributed by atoms with E-state index in [9.17, 15) is 4.79 Å². The molecule has 0 aliphatic heterocycles. The zero-order chi connectivity index (χ0) is 11.4. The molecule has 15 heavy (non-hydrogen) atoms. The van der Waals surface area contributed by atoms with Crippen LogP contribution in [-0.2, 0) is 4.79 Å². The lowest BCUT2D eigenvalue weighted by molar-refractivity contribution is -0.123. The molecule has 0 bridgehead atoms. The summed E-state index contributed by atoms with van der Waals surface area (Å²) in [6.07, 6.45) is 2.16. The molecule has 5 nitrogen and oxygen atoms in total. The second kappa shape index (κ2) is 5.00. The topological polar surface area (TPSA) is 87.7 Å². The molecule has 0 heterocycles. The quantitative estimate of drug-likeness (QED) is 0.271. The van der Waals surface area contributed by atoms with Gasteiger partial charge in [-0.2, -0.15) is 0 Å². The van der Waals surface area contributed by atoms with E-state index < -0.39 is 0 Å². The van der Waals surface area contributed by atoms with E-state index in [2.05, 4.69) is 17.4 Å². The van der Waals surface area contributed by atoms with Crippen molar-refractivity contribution in [3.8, 4) is 0 Å².